The number of halogens is 2. The molecule has 0 fully saturated rings. The Kier molecular flexibility index (Phi) is 4.56. The molecule has 0 saturated heterocycles. The maximum absolute atomic E-state index is 15.4. The van der Waals surface area contributed by atoms with Gasteiger partial charge in [0.15, 0.2) is 5.82 Å². The van der Waals surface area contributed by atoms with Crippen molar-refractivity contribution in [3.8, 4) is 11.3 Å². The van der Waals surface area contributed by atoms with Crippen LogP contribution >= 0.6 is 15.9 Å². The molecular weight excluding hydrogens is 399 g/mol. The highest BCUT2D eigenvalue weighted by atomic mass is 79.9. The van der Waals surface area contributed by atoms with Crippen LogP contribution in [-0.4, -0.2) is 32.6 Å². The minimum absolute atomic E-state index is 0.00711. The zero-order valence-electron chi connectivity index (χ0n) is 14.0. The summed E-state index contributed by atoms with van der Waals surface area (Å²) in [7, 11) is 0. The minimum Gasteiger partial charge on any atom is -0.395 e. The largest absolute Gasteiger partial charge is 0.395 e. The Morgan fingerprint density at radius 3 is 2.46 bits per heavy atom. The molecule has 0 spiro atoms. The van der Waals surface area contributed by atoms with Crippen molar-refractivity contribution in [2.45, 2.75) is 13.1 Å². The smallest absolute Gasteiger partial charge is 0.156 e. The average molecular weight is 417 g/mol. The van der Waals surface area contributed by atoms with Crippen LogP contribution < -0.4 is 0 Å². The van der Waals surface area contributed by atoms with Gasteiger partial charge in [0.05, 0.1) is 24.4 Å². The first-order valence-corrected chi connectivity index (χ1v) is 9.22. The molecule has 0 atom stereocenters. The molecule has 0 aliphatic rings. The first-order valence-electron chi connectivity index (χ1n) is 8.43. The summed E-state index contributed by atoms with van der Waals surface area (Å²) < 4.78 is 20.0. The van der Waals surface area contributed by atoms with Gasteiger partial charge in [0.2, 0.25) is 0 Å². The number of fused-ring (bicyclic) bond motifs is 2. The fourth-order valence-corrected chi connectivity index (χ4v) is 3.97. The Bertz CT molecular complexity index is 1100. The highest BCUT2D eigenvalue weighted by Gasteiger charge is 2.22. The molecule has 4 rings (SSSR count). The normalized spacial score (nSPS) is 11.7. The number of benzene rings is 2. The Balaban J connectivity index is 2.07. The van der Waals surface area contributed by atoms with Crippen LogP contribution in [0.5, 0.6) is 0 Å². The van der Waals surface area contributed by atoms with Crippen LogP contribution in [0.25, 0.3) is 33.1 Å². The molecule has 0 saturated carbocycles. The highest BCUT2D eigenvalue weighted by Crippen LogP contribution is 2.38. The SMILES string of the molecule is OCCn1cc(-c2c(F)c3cc(Br)ccc3n2CCO)c2ccccc21. The standard InChI is InChI=1S/C20H18BrFN2O2/c21-13-5-6-18-15(11-13)19(22)20(24(18)8-10-26)16-12-23(7-9-25)17-4-2-1-3-14(16)17/h1-6,11-12,25-26H,7-10H2. The van der Waals surface area contributed by atoms with Crippen molar-refractivity contribution in [1.82, 2.24) is 9.13 Å². The van der Waals surface area contributed by atoms with E-state index in [0.29, 0.717) is 24.2 Å². The molecular formula is C20H18BrFN2O2. The Morgan fingerprint density at radius 2 is 1.69 bits per heavy atom. The molecule has 4 nitrogen and oxygen atoms in total. The summed E-state index contributed by atoms with van der Waals surface area (Å²) in [4.78, 5) is 0. The fourth-order valence-electron chi connectivity index (χ4n) is 3.61. The van der Waals surface area contributed by atoms with E-state index in [2.05, 4.69) is 15.9 Å². The van der Waals surface area contributed by atoms with Gasteiger partial charge in [-0.1, -0.05) is 34.1 Å². The lowest BCUT2D eigenvalue weighted by atomic mass is 10.1. The zero-order chi connectivity index (χ0) is 18.3. The van der Waals surface area contributed by atoms with Crippen LogP contribution in [0.4, 0.5) is 4.39 Å². The highest BCUT2D eigenvalue weighted by molar-refractivity contribution is 9.10. The maximum atomic E-state index is 15.4. The van der Waals surface area contributed by atoms with Gasteiger partial charge in [0.25, 0.3) is 0 Å². The molecule has 0 bridgehead atoms. The maximum Gasteiger partial charge on any atom is 0.156 e. The molecule has 2 aromatic carbocycles. The Labute approximate surface area is 158 Å². The van der Waals surface area contributed by atoms with Gasteiger partial charge in [-0.3, -0.25) is 0 Å². The molecule has 134 valence electrons. The monoisotopic (exact) mass is 416 g/mol. The van der Waals surface area contributed by atoms with Gasteiger partial charge < -0.3 is 19.3 Å². The van der Waals surface area contributed by atoms with Crippen LogP contribution in [0, 0.1) is 5.82 Å². The molecule has 4 aromatic rings. The lowest BCUT2D eigenvalue weighted by Crippen LogP contribution is -2.04. The summed E-state index contributed by atoms with van der Waals surface area (Å²) in [5.74, 6) is -0.304. The van der Waals surface area contributed by atoms with Crippen molar-refractivity contribution in [3.05, 3.63) is 59.0 Å². The first-order chi connectivity index (χ1) is 12.7. The summed E-state index contributed by atoms with van der Waals surface area (Å²) >= 11 is 3.40. The molecule has 2 heterocycles. The molecule has 0 unspecified atom stereocenters. The molecule has 0 aliphatic heterocycles. The van der Waals surface area contributed by atoms with E-state index in [1.807, 2.05) is 51.7 Å². The van der Waals surface area contributed by atoms with Gasteiger partial charge in [-0.05, 0) is 24.3 Å². The number of nitrogens with zero attached hydrogens (tertiary/aromatic N) is 2. The van der Waals surface area contributed by atoms with Crippen molar-refractivity contribution in [3.63, 3.8) is 0 Å². The molecule has 0 radical (unpaired) electrons. The second kappa shape index (κ2) is 6.87. The predicted molar refractivity (Wildman–Crippen MR) is 105 cm³/mol. The van der Waals surface area contributed by atoms with E-state index < -0.39 is 0 Å². The van der Waals surface area contributed by atoms with Gasteiger partial charge in [0, 0.05) is 45.6 Å². The Hall–Kier alpha value is -2.15. The number of hydrogen-bond donors (Lipinski definition) is 2. The van der Waals surface area contributed by atoms with Crippen LogP contribution in [0.2, 0.25) is 0 Å². The third-order valence-electron chi connectivity index (χ3n) is 4.67. The molecule has 6 heteroatoms. The van der Waals surface area contributed by atoms with Gasteiger partial charge in [-0.15, -0.1) is 0 Å². The van der Waals surface area contributed by atoms with E-state index >= 15 is 4.39 Å². The lowest BCUT2D eigenvalue weighted by Gasteiger charge is -2.08. The van der Waals surface area contributed by atoms with E-state index in [9.17, 15) is 10.2 Å². The van der Waals surface area contributed by atoms with E-state index in [-0.39, 0.29) is 19.0 Å². The van der Waals surface area contributed by atoms with E-state index in [1.54, 1.807) is 6.07 Å². The number of hydrogen-bond acceptors (Lipinski definition) is 2. The van der Waals surface area contributed by atoms with Gasteiger partial charge in [-0.25, -0.2) is 4.39 Å². The zero-order valence-corrected chi connectivity index (χ0v) is 15.6. The Morgan fingerprint density at radius 1 is 0.923 bits per heavy atom. The fraction of sp³-hybridized carbons (Fsp3) is 0.200. The van der Waals surface area contributed by atoms with Crippen LogP contribution in [0.1, 0.15) is 0 Å². The number of aliphatic hydroxyl groups is 2. The van der Waals surface area contributed by atoms with E-state index in [4.69, 9.17) is 0 Å². The summed E-state index contributed by atoms with van der Waals surface area (Å²) in [5, 5.41) is 20.3. The van der Waals surface area contributed by atoms with Crippen LogP contribution in [0.3, 0.4) is 0 Å². The van der Waals surface area contributed by atoms with Crippen molar-refractivity contribution < 1.29 is 14.6 Å². The number of para-hydroxylation sites is 1. The average Bonchev–Trinajstić information content (AvgIpc) is 3.12. The van der Waals surface area contributed by atoms with Crippen molar-refractivity contribution in [2.24, 2.45) is 0 Å². The lowest BCUT2D eigenvalue weighted by molar-refractivity contribution is 0.278. The quantitative estimate of drug-likeness (QED) is 0.513. The number of rotatable bonds is 5. The predicted octanol–water partition coefficient (Wildman–Crippen LogP) is 4.15. The number of aliphatic hydroxyl groups excluding tert-OH is 2. The summed E-state index contributed by atoms with van der Waals surface area (Å²) in [5.41, 5.74) is 2.90. The second-order valence-corrected chi connectivity index (χ2v) is 7.09. The third-order valence-corrected chi connectivity index (χ3v) is 5.17. The van der Waals surface area contributed by atoms with Crippen molar-refractivity contribution in [1.29, 1.82) is 0 Å². The second-order valence-electron chi connectivity index (χ2n) is 6.18. The topological polar surface area (TPSA) is 50.3 Å². The summed E-state index contributed by atoms with van der Waals surface area (Å²) in [6, 6.07) is 13.2. The molecule has 26 heavy (non-hydrogen) atoms. The molecule has 0 amide bonds. The molecule has 2 aromatic heterocycles. The third kappa shape index (κ3) is 2.65. The van der Waals surface area contributed by atoms with Gasteiger partial charge in [0.1, 0.15) is 0 Å². The van der Waals surface area contributed by atoms with Crippen LogP contribution in [-0.2, 0) is 13.1 Å². The minimum atomic E-state index is -0.304. The van der Waals surface area contributed by atoms with Gasteiger partial charge >= 0.3 is 0 Å². The summed E-state index contributed by atoms with van der Waals surface area (Å²) in [6.07, 6.45) is 1.88. The number of aromatic nitrogens is 2. The van der Waals surface area contributed by atoms with E-state index in [0.717, 1.165) is 26.5 Å². The van der Waals surface area contributed by atoms with Crippen LogP contribution in [0.15, 0.2) is 53.1 Å². The van der Waals surface area contributed by atoms with Crippen molar-refractivity contribution >= 4 is 37.7 Å². The van der Waals surface area contributed by atoms with Gasteiger partial charge in [-0.2, -0.15) is 0 Å². The van der Waals surface area contributed by atoms with E-state index in [1.165, 1.54) is 0 Å². The first kappa shape index (κ1) is 17.3. The summed E-state index contributed by atoms with van der Waals surface area (Å²) in [6.45, 7) is 0.666. The van der Waals surface area contributed by atoms with Crippen molar-refractivity contribution in [2.75, 3.05) is 13.2 Å². The molecule has 2 N–H and O–H groups in total. The molecule has 0 aliphatic carbocycles.